The van der Waals surface area contributed by atoms with Gasteiger partial charge in [-0.3, -0.25) is 0 Å². The van der Waals surface area contributed by atoms with Gasteiger partial charge in [-0.25, -0.2) is 0 Å². The van der Waals surface area contributed by atoms with Crippen molar-refractivity contribution in [2.45, 2.75) is 46.5 Å². The molecule has 28 heavy (non-hydrogen) atoms. The molecule has 0 aromatic heterocycles. The van der Waals surface area contributed by atoms with Crippen LogP contribution in [0.3, 0.4) is 0 Å². The number of rotatable bonds is 1. The molecule has 0 N–H and O–H groups in total. The third-order valence-electron chi connectivity index (χ3n) is 5.32. The molecule has 0 heterocycles. The summed E-state index contributed by atoms with van der Waals surface area (Å²) >= 11 is 4.72. The van der Waals surface area contributed by atoms with Crippen LogP contribution in [0.2, 0.25) is 0 Å². The van der Waals surface area contributed by atoms with Crippen molar-refractivity contribution < 1.29 is 0 Å². The van der Waals surface area contributed by atoms with Gasteiger partial charge in [0.2, 0.25) is 0 Å². The summed E-state index contributed by atoms with van der Waals surface area (Å²) in [5, 5.41) is 2.44. The Hall–Kier alpha value is -2.64. The van der Waals surface area contributed by atoms with Gasteiger partial charge in [0.1, 0.15) is 0 Å². The lowest BCUT2D eigenvalue weighted by Crippen LogP contribution is -2.10. The summed E-state index contributed by atoms with van der Waals surface area (Å²) in [5.74, 6) is 14.7. The number of aryl methyl sites for hydroxylation is 2. The molecule has 2 aromatic rings. The Morgan fingerprint density at radius 1 is 0.821 bits per heavy atom. The number of nitrogens with zero attached hydrogens (tertiary/aromatic N) is 1. The molecule has 1 fully saturated rings. The highest BCUT2D eigenvalue weighted by Gasteiger charge is 2.15. The smallest absolute Gasteiger partial charge is 0.0798 e. The second-order valence-corrected chi connectivity index (χ2v) is 7.90. The summed E-state index contributed by atoms with van der Waals surface area (Å²) in [4.78, 5) is 4.13. The van der Waals surface area contributed by atoms with Gasteiger partial charge in [-0.15, -0.1) is 0 Å². The summed E-state index contributed by atoms with van der Waals surface area (Å²) < 4.78 is 0. The van der Waals surface area contributed by atoms with Crippen LogP contribution in [0.4, 0.5) is 5.69 Å². The van der Waals surface area contributed by atoms with Crippen molar-refractivity contribution in [3.05, 3.63) is 64.2 Å². The van der Waals surface area contributed by atoms with Crippen LogP contribution in [0, 0.1) is 49.4 Å². The predicted octanol–water partition coefficient (Wildman–Crippen LogP) is 6.62. The van der Waals surface area contributed by atoms with Gasteiger partial charge in [-0.05, 0) is 105 Å². The minimum absolute atomic E-state index is 0.563. The Morgan fingerprint density at radius 3 is 1.93 bits per heavy atom. The topological polar surface area (TPSA) is 12.4 Å². The second-order valence-electron chi connectivity index (χ2n) is 7.72. The van der Waals surface area contributed by atoms with Crippen LogP contribution in [-0.2, 0) is 0 Å². The lowest BCUT2D eigenvalue weighted by atomic mass is 9.83. The van der Waals surface area contributed by atoms with Crippen molar-refractivity contribution in [2.75, 3.05) is 0 Å². The molecule has 0 saturated heterocycles. The molecule has 1 aliphatic carbocycles. The summed E-state index contributed by atoms with van der Waals surface area (Å²) in [6.45, 7) is 6.38. The van der Waals surface area contributed by atoms with Gasteiger partial charge in [-0.2, -0.15) is 4.99 Å². The molecule has 0 radical (unpaired) electrons. The van der Waals surface area contributed by atoms with E-state index in [1.54, 1.807) is 0 Å². The Labute approximate surface area is 174 Å². The maximum absolute atomic E-state index is 4.72. The van der Waals surface area contributed by atoms with E-state index in [4.69, 9.17) is 12.2 Å². The molecule has 0 atom stereocenters. The number of benzene rings is 2. The van der Waals surface area contributed by atoms with Gasteiger partial charge >= 0.3 is 0 Å². The molecule has 1 saturated carbocycles. The molecular formula is C26H25NS. The standard InChI is InChI=1S/C26H25NS/c1-19-4-6-22(7-5-19)8-9-23-10-12-24(13-11-23)14-15-25-16-20(2)26(27-18-28)21(3)17-25/h10-13,16-17,19,22H,4-7H2,1-3H3. The van der Waals surface area contributed by atoms with Crippen molar-refractivity contribution in [1.29, 1.82) is 0 Å². The van der Waals surface area contributed by atoms with Crippen LogP contribution in [0.15, 0.2) is 41.4 Å². The van der Waals surface area contributed by atoms with E-state index in [2.05, 4.69) is 52.9 Å². The van der Waals surface area contributed by atoms with Crippen molar-refractivity contribution in [1.82, 2.24) is 0 Å². The summed E-state index contributed by atoms with van der Waals surface area (Å²) in [6, 6.07) is 12.3. The van der Waals surface area contributed by atoms with Gasteiger partial charge in [0, 0.05) is 22.6 Å². The lowest BCUT2D eigenvalue weighted by Gasteiger charge is -2.21. The average molecular weight is 384 g/mol. The molecule has 0 bridgehead atoms. The van der Waals surface area contributed by atoms with E-state index in [1.807, 2.05) is 38.1 Å². The van der Waals surface area contributed by atoms with E-state index in [0.717, 1.165) is 39.4 Å². The second kappa shape index (κ2) is 9.52. The molecule has 0 aliphatic heterocycles. The Bertz CT molecular complexity index is 987. The molecule has 2 heteroatoms. The zero-order chi connectivity index (χ0) is 19.9. The zero-order valence-corrected chi connectivity index (χ0v) is 17.6. The van der Waals surface area contributed by atoms with E-state index in [9.17, 15) is 0 Å². The Morgan fingerprint density at radius 2 is 1.36 bits per heavy atom. The molecule has 0 amide bonds. The van der Waals surface area contributed by atoms with Crippen LogP contribution in [0.1, 0.15) is 60.4 Å². The maximum Gasteiger partial charge on any atom is 0.0798 e. The van der Waals surface area contributed by atoms with E-state index in [0.29, 0.717) is 5.92 Å². The van der Waals surface area contributed by atoms with E-state index < -0.39 is 0 Å². The molecule has 1 aliphatic rings. The Kier molecular flexibility index (Phi) is 6.84. The molecule has 0 unspecified atom stereocenters. The molecule has 1 nitrogen and oxygen atoms in total. The third-order valence-corrected chi connectivity index (χ3v) is 5.41. The molecular weight excluding hydrogens is 358 g/mol. The number of aliphatic imine (C=N–C) groups is 1. The molecule has 3 rings (SSSR count). The number of thiocarbonyl (C=S) groups is 1. The van der Waals surface area contributed by atoms with Crippen molar-refractivity contribution in [2.24, 2.45) is 16.8 Å². The number of hydrogen-bond acceptors (Lipinski definition) is 2. The lowest BCUT2D eigenvalue weighted by molar-refractivity contribution is 0.337. The number of hydrogen-bond donors (Lipinski definition) is 0. The minimum atomic E-state index is 0.563. The van der Waals surface area contributed by atoms with E-state index >= 15 is 0 Å². The minimum Gasteiger partial charge on any atom is -0.194 e. The average Bonchev–Trinajstić information content (AvgIpc) is 2.69. The molecule has 140 valence electrons. The fourth-order valence-corrected chi connectivity index (χ4v) is 3.71. The normalized spacial score (nSPS) is 18.1. The van der Waals surface area contributed by atoms with Gasteiger partial charge in [-0.1, -0.05) is 30.6 Å². The maximum atomic E-state index is 4.72. The first-order chi connectivity index (χ1) is 13.5. The van der Waals surface area contributed by atoms with Gasteiger partial charge in [0.15, 0.2) is 0 Å². The number of isothiocyanates is 1. The van der Waals surface area contributed by atoms with Crippen LogP contribution in [0.25, 0.3) is 0 Å². The SMILES string of the molecule is Cc1cc(C#Cc2ccc(C#CC3CCC(C)CC3)cc2)cc(C)c1N=C=S. The highest BCUT2D eigenvalue weighted by Crippen LogP contribution is 2.27. The Balaban J connectivity index is 1.70. The highest BCUT2D eigenvalue weighted by atomic mass is 32.1. The van der Waals surface area contributed by atoms with Crippen molar-refractivity contribution in [3.63, 3.8) is 0 Å². The first kappa shape index (κ1) is 20.1. The van der Waals surface area contributed by atoms with Gasteiger partial charge in [0.25, 0.3) is 0 Å². The highest BCUT2D eigenvalue weighted by molar-refractivity contribution is 7.78. The van der Waals surface area contributed by atoms with E-state index in [1.165, 1.54) is 25.7 Å². The quantitative estimate of drug-likeness (QED) is 0.306. The van der Waals surface area contributed by atoms with Crippen LogP contribution >= 0.6 is 12.2 Å². The van der Waals surface area contributed by atoms with Crippen LogP contribution in [0.5, 0.6) is 0 Å². The van der Waals surface area contributed by atoms with Crippen LogP contribution in [-0.4, -0.2) is 5.16 Å². The largest absolute Gasteiger partial charge is 0.194 e. The van der Waals surface area contributed by atoms with Gasteiger partial charge in [0.05, 0.1) is 10.8 Å². The summed E-state index contributed by atoms with van der Waals surface area (Å²) in [5.41, 5.74) is 6.05. The fourth-order valence-electron chi connectivity index (χ4n) is 3.62. The molecule has 0 spiro atoms. The zero-order valence-electron chi connectivity index (χ0n) is 16.8. The fraction of sp³-hybridized carbons (Fsp3) is 0.346. The summed E-state index contributed by atoms with van der Waals surface area (Å²) in [7, 11) is 0. The monoisotopic (exact) mass is 383 g/mol. The summed E-state index contributed by atoms with van der Waals surface area (Å²) in [6.07, 6.45) is 5.10. The van der Waals surface area contributed by atoms with Crippen molar-refractivity contribution >= 4 is 23.1 Å². The first-order valence-corrected chi connectivity index (χ1v) is 10.3. The third kappa shape index (κ3) is 5.43. The van der Waals surface area contributed by atoms with Gasteiger partial charge < -0.3 is 0 Å². The predicted molar refractivity (Wildman–Crippen MR) is 121 cm³/mol. The van der Waals surface area contributed by atoms with E-state index in [-0.39, 0.29) is 0 Å². The van der Waals surface area contributed by atoms with Crippen molar-refractivity contribution in [3.8, 4) is 23.7 Å². The van der Waals surface area contributed by atoms with Crippen LogP contribution < -0.4 is 0 Å². The first-order valence-electron chi connectivity index (χ1n) is 9.88. The molecule has 2 aromatic carbocycles.